The van der Waals surface area contributed by atoms with Gasteiger partial charge in [-0.2, -0.15) is 11.8 Å². The fraction of sp³-hybridized carbons (Fsp3) is 0.312. The average Bonchev–Trinajstić information content (AvgIpc) is 2.37. The first kappa shape index (κ1) is 13.2. The van der Waals surface area contributed by atoms with Crippen LogP contribution < -0.4 is 0 Å². The number of fused-ring (bicyclic) bond motifs is 1. The molecule has 94 valence electrons. The number of thioether (sulfide) groups is 1. The molecule has 0 spiro atoms. The standard InChI is InChI=1S/C16H18OS/c1-12(2)10-18-11-16(17)15-8-7-13-5-3-4-6-14(13)9-15/h3-9,12H,10-11H2,1-2H3. The Morgan fingerprint density at radius 3 is 2.56 bits per heavy atom. The molecule has 0 N–H and O–H groups in total. The fourth-order valence-corrected chi connectivity index (χ4v) is 2.77. The third kappa shape index (κ3) is 3.36. The normalized spacial score (nSPS) is 11.1. The first-order chi connectivity index (χ1) is 8.66. The summed E-state index contributed by atoms with van der Waals surface area (Å²) in [6.07, 6.45) is 0. The Morgan fingerprint density at radius 2 is 1.83 bits per heavy atom. The van der Waals surface area contributed by atoms with Gasteiger partial charge in [-0.05, 0) is 28.5 Å². The van der Waals surface area contributed by atoms with Crippen LogP contribution in [-0.4, -0.2) is 17.3 Å². The van der Waals surface area contributed by atoms with Crippen LogP contribution in [-0.2, 0) is 0 Å². The van der Waals surface area contributed by atoms with E-state index in [-0.39, 0.29) is 5.78 Å². The Balaban J connectivity index is 2.08. The Morgan fingerprint density at radius 1 is 1.11 bits per heavy atom. The van der Waals surface area contributed by atoms with Crippen LogP contribution in [0.4, 0.5) is 0 Å². The van der Waals surface area contributed by atoms with E-state index in [4.69, 9.17) is 0 Å². The van der Waals surface area contributed by atoms with Crippen molar-refractivity contribution in [2.24, 2.45) is 5.92 Å². The van der Waals surface area contributed by atoms with Crippen molar-refractivity contribution in [3.05, 3.63) is 48.0 Å². The van der Waals surface area contributed by atoms with Gasteiger partial charge in [0.2, 0.25) is 0 Å². The highest BCUT2D eigenvalue weighted by Gasteiger charge is 2.07. The summed E-state index contributed by atoms with van der Waals surface area (Å²) in [5.41, 5.74) is 0.824. The second-order valence-corrected chi connectivity index (χ2v) is 5.92. The molecule has 0 unspecified atom stereocenters. The molecule has 2 aromatic rings. The highest BCUT2D eigenvalue weighted by Crippen LogP contribution is 2.17. The summed E-state index contributed by atoms with van der Waals surface area (Å²) in [5, 5.41) is 2.32. The predicted molar refractivity (Wildman–Crippen MR) is 80.4 cm³/mol. The van der Waals surface area contributed by atoms with E-state index in [0.717, 1.165) is 16.7 Å². The molecule has 0 bridgehead atoms. The number of benzene rings is 2. The Bertz CT molecular complexity index is 546. The molecule has 0 amide bonds. The quantitative estimate of drug-likeness (QED) is 0.739. The highest BCUT2D eigenvalue weighted by molar-refractivity contribution is 7.99. The van der Waals surface area contributed by atoms with Crippen LogP contribution in [0.5, 0.6) is 0 Å². The van der Waals surface area contributed by atoms with E-state index in [1.165, 1.54) is 5.39 Å². The molecule has 0 aromatic heterocycles. The summed E-state index contributed by atoms with van der Waals surface area (Å²) in [7, 11) is 0. The lowest BCUT2D eigenvalue weighted by Gasteiger charge is -2.05. The number of Topliss-reactive ketones (excluding diaryl/α,β-unsaturated/α-hetero) is 1. The van der Waals surface area contributed by atoms with Gasteiger partial charge in [0.1, 0.15) is 0 Å². The van der Waals surface area contributed by atoms with E-state index in [9.17, 15) is 4.79 Å². The van der Waals surface area contributed by atoms with Gasteiger partial charge in [0, 0.05) is 5.56 Å². The van der Waals surface area contributed by atoms with Crippen LogP contribution >= 0.6 is 11.8 Å². The van der Waals surface area contributed by atoms with E-state index >= 15 is 0 Å². The van der Waals surface area contributed by atoms with Crippen molar-refractivity contribution >= 4 is 28.3 Å². The molecule has 0 aliphatic rings. The summed E-state index contributed by atoms with van der Waals surface area (Å²) < 4.78 is 0. The van der Waals surface area contributed by atoms with Crippen molar-refractivity contribution in [2.45, 2.75) is 13.8 Å². The maximum Gasteiger partial charge on any atom is 0.172 e. The van der Waals surface area contributed by atoms with E-state index in [1.54, 1.807) is 11.8 Å². The van der Waals surface area contributed by atoms with Crippen molar-refractivity contribution in [3.63, 3.8) is 0 Å². The number of rotatable bonds is 5. The highest BCUT2D eigenvalue weighted by atomic mass is 32.2. The lowest BCUT2D eigenvalue weighted by molar-refractivity contribution is 0.102. The van der Waals surface area contributed by atoms with Crippen molar-refractivity contribution < 1.29 is 4.79 Å². The molecular weight excluding hydrogens is 240 g/mol. The fourth-order valence-electron chi connectivity index (χ4n) is 1.83. The molecule has 0 aliphatic heterocycles. The number of carbonyl (C=O) groups is 1. The molecule has 0 fully saturated rings. The van der Waals surface area contributed by atoms with Crippen LogP contribution in [0.1, 0.15) is 24.2 Å². The summed E-state index contributed by atoms with van der Waals surface area (Å²) >= 11 is 1.72. The molecule has 2 heteroatoms. The van der Waals surface area contributed by atoms with Gasteiger partial charge in [-0.25, -0.2) is 0 Å². The Kier molecular flexibility index (Phi) is 4.43. The van der Waals surface area contributed by atoms with Crippen LogP contribution in [0.15, 0.2) is 42.5 Å². The first-order valence-corrected chi connectivity index (χ1v) is 7.42. The number of carbonyl (C=O) groups excluding carboxylic acids is 1. The van der Waals surface area contributed by atoms with E-state index in [1.807, 2.05) is 36.4 Å². The number of hydrogen-bond acceptors (Lipinski definition) is 2. The largest absolute Gasteiger partial charge is 0.293 e. The minimum Gasteiger partial charge on any atom is -0.293 e. The zero-order valence-electron chi connectivity index (χ0n) is 10.8. The summed E-state index contributed by atoms with van der Waals surface area (Å²) in [6.45, 7) is 4.35. The summed E-state index contributed by atoms with van der Waals surface area (Å²) in [4.78, 5) is 12.0. The van der Waals surface area contributed by atoms with Crippen molar-refractivity contribution in [1.29, 1.82) is 0 Å². The second-order valence-electron chi connectivity index (χ2n) is 4.89. The zero-order valence-corrected chi connectivity index (χ0v) is 11.7. The van der Waals surface area contributed by atoms with Crippen molar-refractivity contribution in [1.82, 2.24) is 0 Å². The second kappa shape index (κ2) is 6.05. The van der Waals surface area contributed by atoms with Gasteiger partial charge < -0.3 is 0 Å². The van der Waals surface area contributed by atoms with Crippen LogP contribution in [0.25, 0.3) is 10.8 Å². The van der Waals surface area contributed by atoms with Crippen LogP contribution in [0.2, 0.25) is 0 Å². The van der Waals surface area contributed by atoms with E-state index in [2.05, 4.69) is 19.9 Å². The van der Waals surface area contributed by atoms with Gasteiger partial charge in [0.05, 0.1) is 5.75 Å². The topological polar surface area (TPSA) is 17.1 Å². The molecular formula is C16H18OS. The molecule has 2 rings (SSSR count). The molecule has 2 aromatic carbocycles. The Labute approximate surface area is 113 Å². The van der Waals surface area contributed by atoms with E-state index in [0.29, 0.717) is 11.7 Å². The molecule has 1 nitrogen and oxygen atoms in total. The van der Waals surface area contributed by atoms with Gasteiger partial charge in [0.15, 0.2) is 5.78 Å². The minimum atomic E-state index is 0.228. The maximum absolute atomic E-state index is 12.0. The Hall–Kier alpha value is -1.28. The number of hydrogen-bond donors (Lipinski definition) is 0. The third-order valence-corrected chi connectivity index (χ3v) is 4.12. The van der Waals surface area contributed by atoms with Gasteiger partial charge >= 0.3 is 0 Å². The number of ketones is 1. The van der Waals surface area contributed by atoms with Gasteiger partial charge in [-0.3, -0.25) is 4.79 Å². The first-order valence-electron chi connectivity index (χ1n) is 6.26. The lowest BCUT2D eigenvalue weighted by atomic mass is 10.1. The van der Waals surface area contributed by atoms with Gasteiger partial charge in [-0.1, -0.05) is 50.2 Å². The van der Waals surface area contributed by atoms with Crippen LogP contribution in [0.3, 0.4) is 0 Å². The van der Waals surface area contributed by atoms with Crippen LogP contribution in [0, 0.1) is 5.92 Å². The monoisotopic (exact) mass is 258 g/mol. The molecule has 0 radical (unpaired) electrons. The van der Waals surface area contributed by atoms with Crippen molar-refractivity contribution in [2.75, 3.05) is 11.5 Å². The van der Waals surface area contributed by atoms with E-state index < -0.39 is 0 Å². The summed E-state index contributed by atoms with van der Waals surface area (Å²) in [5.74, 6) is 2.49. The third-order valence-electron chi connectivity index (χ3n) is 2.76. The molecule has 18 heavy (non-hydrogen) atoms. The zero-order chi connectivity index (χ0) is 13.0. The molecule has 0 atom stereocenters. The summed E-state index contributed by atoms with van der Waals surface area (Å²) in [6, 6.07) is 14.1. The van der Waals surface area contributed by atoms with Gasteiger partial charge in [0.25, 0.3) is 0 Å². The van der Waals surface area contributed by atoms with Crippen molar-refractivity contribution in [3.8, 4) is 0 Å². The molecule has 0 saturated heterocycles. The lowest BCUT2D eigenvalue weighted by Crippen LogP contribution is -2.04. The molecule has 0 aliphatic carbocycles. The minimum absolute atomic E-state index is 0.228. The SMILES string of the molecule is CC(C)CSCC(=O)c1ccc2ccccc2c1. The van der Waals surface area contributed by atoms with Gasteiger partial charge in [-0.15, -0.1) is 0 Å². The average molecular weight is 258 g/mol. The smallest absolute Gasteiger partial charge is 0.172 e. The molecule has 0 saturated carbocycles. The maximum atomic E-state index is 12.0. The molecule has 0 heterocycles. The predicted octanol–water partition coefficient (Wildman–Crippen LogP) is 4.41.